The Morgan fingerprint density at radius 2 is 0.610 bits per heavy atom. The fourth-order valence-electron chi connectivity index (χ4n) is 15.4. The van der Waals surface area contributed by atoms with Crippen molar-refractivity contribution >= 4 is 5.91 Å². The SMILES string of the molecule is CCCCCCCCCC/C=C\CCCCCCCCCCCCCCCCCCCCCCCCCCCCCC(=O)NC(COC1OC(CO)C(OC2OC(CO)C(O)C(O)C2O)C(O)C1O)C(O)/C=C/CC/C=C/CCCCCCCCCCCCCCCCCCCCCCCCCCCC. The molecule has 620 valence electrons. The summed E-state index contributed by atoms with van der Waals surface area (Å²) >= 11 is 0. The van der Waals surface area contributed by atoms with E-state index in [-0.39, 0.29) is 18.9 Å². The summed E-state index contributed by atoms with van der Waals surface area (Å²) in [5.74, 6) is -0.239. The molecule has 0 aromatic heterocycles. The molecule has 0 radical (unpaired) electrons. The second-order valence-electron chi connectivity index (χ2n) is 32.4. The molecule has 12 atom stereocenters. The van der Waals surface area contributed by atoms with E-state index in [1.54, 1.807) is 6.08 Å². The summed E-state index contributed by atoms with van der Waals surface area (Å²) in [4.78, 5) is 13.4. The maximum Gasteiger partial charge on any atom is 0.220 e. The Labute approximate surface area is 646 Å². The van der Waals surface area contributed by atoms with Crippen LogP contribution in [-0.2, 0) is 23.7 Å². The second-order valence-corrected chi connectivity index (χ2v) is 32.4. The number of ether oxygens (including phenoxy) is 4. The summed E-state index contributed by atoms with van der Waals surface area (Å²) in [5, 5.41) is 87.8. The first-order chi connectivity index (χ1) is 51.6. The minimum absolute atomic E-state index is 0.239. The third-order valence-corrected chi connectivity index (χ3v) is 22.5. The van der Waals surface area contributed by atoms with Gasteiger partial charge in [-0.25, -0.2) is 0 Å². The van der Waals surface area contributed by atoms with Crippen molar-refractivity contribution in [2.24, 2.45) is 0 Å². The first-order valence-corrected chi connectivity index (χ1v) is 45.7. The van der Waals surface area contributed by atoms with Crippen molar-refractivity contribution in [2.75, 3.05) is 19.8 Å². The Balaban J connectivity index is 1.56. The molecule has 2 rings (SSSR count). The summed E-state index contributed by atoms with van der Waals surface area (Å²) in [6.07, 6.45) is 84.3. The van der Waals surface area contributed by atoms with Gasteiger partial charge in [0.25, 0.3) is 0 Å². The number of carbonyl (C=O) groups excluding carboxylic acids is 1. The number of allylic oxidation sites excluding steroid dienone is 5. The van der Waals surface area contributed by atoms with Crippen LogP contribution in [0.3, 0.4) is 0 Å². The number of unbranched alkanes of at least 4 members (excludes halogenated alkanes) is 62. The fraction of sp³-hybridized carbons (Fsp3) is 0.923. The highest BCUT2D eigenvalue weighted by molar-refractivity contribution is 5.76. The zero-order valence-electron chi connectivity index (χ0n) is 68.5. The lowest BCUT2D eigenvalue weighted by Gasteiger charge is -2.46. The summed E-state index contributed by atoms with van der Waals surface area (Å²) in [5.41, 5.74) is 0. The molecule has 0 aromatic carbocycles. The third kappa shape index (κ3) is 57.0. The maximum absolute atomic E-state index is 13.4. The van der Waals surface area contributed by atoms with Crippen LogP contribution in [-0.4, -0.2) is 140 Å². The van der Waals surface area contributed by atoms with Gasteiger partial charge < -0.3 is 65.1 Å². The van der Waals surface area contributed by atoms with E-state index in [9.17, 15) is 45.6 Å². The van der Waals surface area contributed by atoms with Crippen LogP contribution >= 0.6 is 0 Å². The zero-order chi connectivity index (χ0) is 75.8. The Bertz CT molecular complexity index is 1900. The average Bonchev–Trinajstić information content (AvgIpc) is 0.789. The van der Waals surface area contributed by atoms with Crippen LogP contribution in [0.5, 0.6) is 0 Å². The number of nitrogens with one attached hydrogen (secondary N) is 1. The molecule has 2 aliphatic heterocycles. The molecule has 2 aliphatic rings. The molecule has 0 spiro atoms. The molecule has 0 bridgehead atoms. The van der Waals surface area contributed by atoms with Crippen LogP contribution < -0.4 is 5.32 Å². The lowest BCUT2D eigenvalue weighted by Crippen LogP contribution is -2.65. The maximum atomic E-state index is 13.4. The van der Waals surface area contributed by atoms with Gasteiger partial charge in [-0.05, 0) is 57.8 Å². The van der Waals surface area contributed by atoms with Crippen molar-refractivity contribution in [1.29, 1.82) is 0 Å². The molecular weight excluding hydrogens is 1310 g/mol. The Hall–Kier alpha value is -1.79. The van der Waals surface area contributed by atoms with Gasteiger partial charge in [-0.1, -0.05) is 416 Å². The molecule has 0 aliphatic carbocycles. The van der Waals surface area contributed by atoms with Gasteiger partial charge in [-0.15, -0.1) is 0 Å². The van der Waals surface area contributed by atoms with Crippen LogP contribution in [0.25, 0.3) is 0 Å². The minimum Gasteiger partial charge on any atom is -0.394 e. The van der Waals surface area contributed by atoms with Crippen LogP contribution in [0.2, 0.25) is 0 Å². The number of hydrogen-bond donors (Lipinski definition) is 9. The van der Waals surface area contributed by atoms with Gasteiger partial charge >= 0.3 is 0 Å². The van der Waals surface area contributed by atoms with Crippen LogP contribution in [0.4, 0.5) is 0 Å². The van der Waals surface area contributed by atoms with Gasteiger partial charge in [-0.3, -0.25) is 4.79 Å². The number of aliphatic hydroxyl groups is 8. The summed E-state index contributed by atoms with van der Waals surface area (Å²) in [6, 6.07) is -0.932. The third-order valence-electron chi connectivity index (χ3n) is 22.5. The lowest BCUT2D eigenvalue weighted by atomic mass is 9.97. The first kappa shape index (κ1) is 99.3. The molecule has 2 heterocycles. The van der Waals surface area contributed by atoms with Crippen LogP contribution in [0.15, 0.2) is 36.5 Å². The Kier molecular flexibility index (Phi) is 70.8. The van der Waals surface area contributed by atoms with Crippen molar-refractivity contribution in [3.63, 3.8) is 0 Å². The van der Waals surface area contributed by atoms with E-state index in [0.717, 1.165) is 32.1 Å². The molecule has 0 aromatic rings. The number of hydrogen-bond acceptors (Lipinski definition) is 13. The summed E-state index contributed by atoms with van der Waals surface area (Å²) in [6.45, 7) is 2.86. The zero-order valence-corrected chi connectivity index (χ0v) is 68.5. The molecule has 2 fully saturated rings. The van der Waals surface area contributed by atoms with Gasteiger partial charge in [0.15, 0.2) is 12.6 Å². The molecule has 14 heteroatoms. The van der Waals surface area contributed by atoms with Gasteiger partial charge in [0.05, 0.1) is 32.0 Å². The molecule has 105 heavy (non-hydrogen) atoms. The first-order valence-electron chi connectivity index (χ1n) is 45.7. The fourth-order valence-corrected chi connectivity index (χ4v) is 15.4. The van der Waals surface area contributed by atoms with Crippen molar-refractivity contribution in [1.82, 2.24) is 5.32 Å². The number of carbonyl (C=O) groups is 1. The molecular formula is C91H173NO13. The number of rotatable bonds is 79. The quantitative estimate of drug-likeness (QED) is 0.0204. The molecule has 0 saturated carbocycles. The van der Waals surface area contributed by atoms with Crippen molar-refractivity contribution < 1.29 is 64.6 Å². The Morgan fingerprint density at radius 3 is 0.933 bits per heavy atom. The minimum atomic E-state index is -1.79. The van der Waals surface area contributed by atoms with E-state index >= 15 is 0 Å². The van der Waals surface area contributed by atoms with Crippen LogP contribution in [0, 0.1) is 0 Å². The predicted octanol–water partition coefficient (Wildman–Crippen LogP) is 22.3. The van der Waals surface area contributed by atoms with E-state index in [1.165, 1.54) is 379 Å². The van der Waals surface area contributed by atoms with E-state index in [4.69, 9.17) is 18.9 Å². The summed E-state index contributed by atoms with van der Waals surface area (Å²) < 4.78 is 23.0. The van der Waals surface area contributed by atoms with Crippen LogP contribution in [0.1, 0.15) is 444 Å². The molecule has 12 unspecified atom stereocenters. The normalized spacial score (nSPS) is 21.5. The molecule has 2 saturated heterocycles. The van der Waals surface area contributed by atoms with Crippen molar-refractivity contribution in [3.8, 4) is 0 Å². The highest BCUT2D eigenvalue weighted by Crippen LogP contribution is 2.31. The monoisotopic (exact) mass is 1490 g/mol. The van der Waals surface area contributed by atoms with Gasteiger partial charge in [0, 0.05) is 6.42 Å². The molecule has 9 N–H and O–H groups in total. The molecule has 14 nitrogen and oxygen atoms in total. The number of aliphatic hydroxyl groups excluding tert-OH is 8. The second kappa shape index (κ2) is 74.9. The smallest absolute Gasteiger partial charge is 0.220 e. The van der Waals surface area contributed by atoms with Gasteiger partial charge in [-0.2, -0.15) is 0 Å². The predicted molar refractivity (Wildman–Crippen MR) is 438 cm³/mol. The largest absolute Gasteiger partial charge is 0.394 e. The van der Waals surface area contributed by atoms with E-state index < -0.39 is 86.8 Å². The van der Waals surface area contributed by atoms with Gasteiger partial charge in [0.2, 0.25) is 5.91 Å². The number of amides is 1. The Morgan fingerprint density at radius 1 is 0.333 bits per heavy atom. The highest BCUT2D eigenvalue weighted by atomic mass is 16.7. The standard InChI is InChI=1S/C91H173NO13/c1-3-5-7-9-11-13-15-17-19-21-23-25-27-29-31-33-35-37-38-39-40-41-42-43-45-47-49-51-53-55-57-59-61-63-65-67-69-71-73-75-83(96)92-79(78-102-90-88(101)86(99)89(82(77-94)104-90)105-91-87(100)85(98)84(97)81(76-93)103-91)80(95)74-72-70-68-66-64-62-60-58-56-54-52-50-48-46-44-36-34-32-30-28-26-24-22-20-18-16-14-12-10-8-6-4-2/h21,23,64,66,72,74,79-82,84-91,93-95,97-101H,3-20,22,24-63,65,67-71,73,75-78H2,1-2H3,(H,92,96)/b23-21-,66-64+,74-72+. The van der Waals surface area contributed by atoms with Crippen molar-refractivity contribution in [2.45, 2.75) is 518 Å². The van der Waals surface area contributed by atoms with E-state index in [2.05, 4.69) is 43.5 Å². The average molecular weight is 1490 g/mol. The lowest BCUT2D eigenvalue weighted by molar-refractivity contribution is -0.359. The van der Waals surface area contributed by atoms with Crippen molar-refractivity contribution in [3.05, 3.63) is 36.5 Å². The molecule has 1 amide bonds. The topological polar surface area (TPSA) is 228 Å². The van der Waals surface area contributed by atoms with Gasteiger partial charge in [0.1, 0.15) is 48.8 Å². The van der Waals surface area contributed by atoms with E-state index in [0.29, 0.717) is 12.8 Å². The highest BCUT2D eigenvalue weighted by Gasteiger charge is 2.51. The summed E-state index contributed by atoms with van der Waals surface area (Å²) in [7, 11) is 0. The van der Waals surface area contributed by atoms with E-state index in [1.807, 2.05) is 6.08 Å².